The van der Waals surface area contributed by atoms with Crippen LogP contribution in [-0.2, 0) is 13.1 Å². The van der Waals surface area contributed by atoms with E-state index in [9.17, 15) is 4.39 Å². The number of hydrogen-bond acceptors (Lipinski definition) is 4. The van der Waals surface area contributed by atoms with E-state index in [0.717, 1.165) is 40.3 Å². The summed E-state index contributed by atoms with van der Waals surface area (Å²) in [6.45, 7) is 2.69. The van der Waals surface area contributed by atoms with E-state index in [1.807, 2.05) is 30.3 Å². The Morgan fingerprint density at radius 2 is 1.77 bits per heavy atom. The number of rotatable bonds is 5. The van der Waals surface area contributed by atoms with Crippen molar-refractivity contribution in [3.8, 4) is 28.4 Å². The maximum absolute atomic E-state index is 13.2. The largest absolute Gasteiger partial charge is 0.496 e. The fourth-order valence-electron chi connectivity index (χ4n) is 3.73. The van der Waals surface area contributed by atoms with Crippen molar-refractivity contribution in [2.75, 3.05) is 27.4 Å². The molecule has 1 aliphatic heterocycles. The van der Waals surface area contributed by atoms with Crippen LogP contribution in [0.3, 0.4) is 0 Å². The number of fused-ring (bicyclic) bond motifs is 1. The van der Waals surface area contributed by atoms with E-state index in [0.29, 0.717) is 30.5 Å². The summed E-state index contributed by atoms with van der Waals surface area (Å²) in [5.41, 5.74) is 3.91. The van der Waals surface area contributed by atoms with E-state index in [-0.39, 0.29) is 5.82 Å². The van der Waals surface area contributed by atoms with Crippen molar-refractivity contribution in [2.24, 2.45) is 0 Å². The van der Waals surface area contributed by atoms with Crippen LogP contribution in [0.25, 0.3) is 11.1 Å². The minimum absolute atomic E-state index is 0.229. The second kappa shape index (κ2) is 8.94. The summed E-state index contributed by atoms with van der Waals surface area (Å²) >= 11 is 6.24. The highest BCUT2D eigenvalue weighted by Gasteiger charge is 2.21. The summed E-state index contributed by atoms with van der Waals surface area (Å²) in [6.07, 6.45) is 0. The first kappa shape index (κ1) is 20.5. The van der Waals surface area contributed by atoms with E-state index < -0.39 is 0 Å². The molecular weight excluding hydrogens is 405 g/mol. The van der Waals surface area contributed by atoms with Crippen LogP contribution in [0.5, 0.6) is 17.2 Å². The Balaban J connectivity index is 1.70. The van der Waals surface area contributed by atoms with Gasteiger partial charge in [0.15, 0.2) is 11.5 Å². The minimum Gasteiger partial charge on any atom is -0.496 e. The lowest BCUT2D eigenvalue weighted by Gasteiger charge is -2.20. The van der Waals surface area contributed by atoms with Crippen LogP contribution in [0.1, 0.15) is 11.1 Å². The maximum Gasteiger partial charge on any atom is 0.165 e. The van der Waals surface area contributed by atoms with Crippen LogP contribution < -0.4 is 14.2 Å². The highest BCUT2D eigenvalue weighted by atomic mass is 35.5. The summed E-state index contributed by atoms with van der Waals surface area (Å²) in [4.78, 5) is 2.28. The average Bonchev–Trinajstić information content (AvgIpc) is 2.96. The molecule has 0 saturated carbocycles. The molecule has 0 atom stereocenters. The SMILES string of the molecule is COc1ccc(Cl)cc1-c1cc2c(c(OC)c1)OCCN(Cc1ccc(F)cc1)C2. The smallest absolute Gasteiger partial charge is 0.165 e. The molecule has 3 aromatic carbocycles. The Bertz CT molecular complexity index is 1040. The van der Waals surface area contributed by atoms with Crippen LogP contribution in [0.15, 0.2) is 54.6 Å². The number of ether oxygens (including phenoxy) is 3. The van der Waals surface area contributed by atoms with Crippen molar-refractivity contribution in [2.45, 2.75) is 13.1 Å². The molecular formula is C24H23ClFNO3. The molecule has 0 spiro atoms. The summed E-state index contributed by atoms with van der Waals surface area (Å²) in [7, 11) is 3.28. The van der Waals surface area contributed by atoms with Crippen molar-refractivity contribution in [1.82, 2.24) is 4.90 Å². The van der Waals surface area contributed by atoms with Crippen LogP contribution in [0.4, 0.5) is 4.39 Å². The van der Waals surface area contributed by atoms with E-state index in [1.54, 1.807) is 20.3 Å². The molecule has 1 heterocycles. The standard InChI is InChI=1S/C24H23ClFNO3/c1-28-22-8-5-19(25)13-21(22)17-11-18-15-27(14-16-3-6-20(26)7-4-16)9-10-30-24(18)23(12-17)29-2/h3-8,11-13H,9-10,14-15H2,1-2H3. The van der Waals surface area contributed by atoms with Crippen LogP contribution in [0.2, 0.25) is 5.02 Å². The van der Waals surface area contributed by atoms with Gasteiger partial charge in [0.05, 0.1) is 14.2 Å². The molecule has 0 amide bonds. The third-order valence-electron chi connectivity index (χ3n) is 5.19. The van der Waals surface area contributed by atoms with E-state index in [2.05, 4.69) is 11.0 Å². The molecule has 0 aliphatic carbocycles. The van der Waals surface area contributed by atoms with E-state index in [1.165, 1.54) is 12.1 Å². The first-order valence-electron chi connectivity index (χ1n) is 9.72. The van der Waals surface area contributed by atoms with Crippen molar-refractivity contribution in [3.05, 3.63) is 76.6 Å². The van der Waals surface area contributed by atoms with Gasteiger partial charge in [-0.1, -0.05) is 23.7 Å². The first-order chi connectivity index (χ1) is 14.6. The summed E-state index contributed by atoms with van der Waals surface area (Å²) in [6, 6.07) is 16.2. The van der Waals surface area contributed by atoms with Crippen LogP contribution >= 0.6 is 11.6 Å². The molecule has 156 valence electrons. The van der Waals surface area contributed by atoms with Gasteiger partial charge in [-0.2, -0.15) is 0 Å². The number of halogens is 2. The van der Waals surface area contributed by atoms with Gasteiger partial charge in [-0.3, -0.25) is 4.90 Å². The fraction of sp³-hybridized carbons (Fsp3) is 0.250. The van der Waals surface area contributed by atoms with Gasteiger partial charge in [0.1, 0.15) is 18.2 Å². The summed E-state index contributed by atoms with van der Waals surface area (Å²) in [5, 5.41) is 0.633. The van der Waals surface area contributed by atoms with Gasteiger partial charge in [-0.25, -0.2) is 4.39 Å². The number of methoxy groups -OCH3 is 2. The Labute approximate surface area is 180 Å². The predicted molar refractivity (Wildman–Crippen MR) is 116 cm³/mol. The van der Waals surface area contributed by atoms with Crippen molar-refractivity contribution in [1.29, 1.82) is 0 Å². The minimum atomic E-state index is -0.229. The van der Waals surface area contributed by atoms with Gasteiger partial charge in [0.2, 0.25) is 0 Å². The van der Waals surface area contributed by atoms with Gasteiger partial charge in [-0.05, 0) is 53.6 Å². The van der Waals surface area contributed by atoms with Gasteiger partial charge in [0, 0.05) is 35.8 Å². The molecule has 0 bridgehead atoms. The molecule has 6 heteroatoms. The lowest BCUT2D eigenvalue weighted by molar-refractivity contribution is 0.217. The van der Waals surface area contributed by atoms with E-state index >= 15 is 0 Å². The van der Waals surface area contributed by atoms with Crippen molar-refractivity contribution in [3.63, 3.8) is 0 Å². The second-order valence-electron chi connectivity index (χ2n) is 7.20. The third-order valence-corrected chi connectivity index (χ3v) is 5.43. The van der Waals surface area contributed by atoms with Crippen LogP contribution in [0, 0.1) is 5.82 Å². The summed E-state index contributed by atoms with van der Waals surface area (Å²) < 4.78 is 30.5. The van der Waals surface area contributed by atoms with Gasteiger partial charge >= 0.3 is 0 Å². The molecule has 4 nitrogen and oxygen atoms in total. The fourth-order valence-corrected chi connectivity index (χ4v) is 3.91. The predicted octanol–water partition coefficient (Wildman–Crippen LogP) is 5.56. The Morgan fingerprint density at radius 1 is 1.00 bits per heavy atom. The molecule has 0 aromatic heterocycles. The van der Waals surface area contributed by atoms with Crippen LogP contribution in [-0.4, -0.2) is 32.3 Å². The monoisotopic (exact) mass is 427 g/mol. The number of benzene rings is 3. The Morgan fingerprint density at radius 3 is 2.50 bits per heavy atom. The zero-order chi connectivity index (χ0) is 21.1. The highest BCUT2D eigenvalue weighted by Crippen LogP contribution is 2.41. The van der Waals surface area contributed by atoms with Crippen molar-refractivity contribution < 1.29 is 18.6 Å². The topological polar surface area (TPSA) is 30.9 Å². The normalized spacial score (nSPS) is 13.9. The molecule has 0 unspecified atom stereocenters. The van der Waals surface area contributed by atoms with E-state index in [4.69, 9.17) is 25.8 Å². The lowest BCUT2D eigenvalue weighted by Crippen LogP contribution is -2.25. The lowest BCUT2D eigenvalue weighted by atomic mass is 10.00. The molecule has 0 fully saturated rings. The quantitative estimate of drug-likeness (QED) is 0.533. The zero-order valence-corrected chi connectivity index (χ0v) is 17.7. The van der Waals surface area contributed by atoms with Gasteiger partial charge in [0.25, 0.3) is 0 Å². The maximum atomic E-state index is 13.2. The summed E-state index contributed by atoms with van der Waals surface area (Å²) in [5.74, 6) is 1.93. The third kappa shape index (κ3) is 4.37. The Kier molecular flexibility index (Phi) is 6.11. The average molecular weight is 428 g/mol. The Hall–Kier alpha value is -2.76. The van der Waals surface area contributed by atoms with Crippen molar-refractivity contribution >= 4 is 11.6 Å². The molecule has 3 aromatic rings. The highest BCUT2D eigenvalue weighted by molar-refractivity contribution is 6.31. The molecule has 4 rings (SSSR count). The zero-order valence-electron chi connectivity index (χ0n) is 17.0. The number of nitrogens with zero attached hydrogens (tertiary/aromatic N) is 1. The molecule has 0 N–H and O–H groups in total. The molecule has 0 radical (unpaired) electrons. The molecule has 30 heavy (non-hydrogen) atoms. The second-order valence-corrected chi connectivity index (χ2v) is 7.63. The molecule has 1 aliphatic rings. The molecule has 0 saturated heterocycles. The van der Waals surface area contributed by atoms with Gasteiger partial charge in [-0.15, -0.1) is 0 Å². The first-order valence-corrected chi connectivity index (χ1v) is 10.1. The van der Waals surface area contributed by atoms with Gasteiger partial charge < -0.3 is 14.2 Å². The number of hydrogen-bond donors (Lipinski definition) is 0.